The molecule has 1 amide bonds. The number of furan rings is 1. The monoisotopic (exact) mass is 491 g/mol. The minimum absolute atomic E-state index is 0.123. The van der Waals surface area contributed by atoms with Gasteiger partial charge in [-0.2, -0.15) is 5.10 Å². The minimum Gasteiger partial charge on any atom is -0.497 e. The first-order chi connectivity index (χ1) is 17.4. The fourth-order valence-electron chi connectivity index (χ4n) is 4.00. The average molecular weight is 492 g/mol. The van der Waals surface area contributed by atoms with E-state index in [1.807, 2.05) is 12.1 Å². The standard InChI is InChI=1S/C25H25N5O6/c1-4-12-27-23(32)28(13-5-2)25(34)29(24(27)33)16-22(31)30-20(21-7-6-14-36-21)15-19(26-30)17-8-10-18(35-3)11-9-17/h4-11,14,20H,1-2,12-13,15-16H2,3H3. The van der Waals surface area contributed by atoms with Gasteiger partial charge < -0.3 is 9.15 Å². The maximum absolute atomic E-state index is 13.4. The maximum atomic E-state index is 13.4. The van der Waals surface area contributed by atoms with Crippen molar-refractivity contribution in [1.82, 2.24) is 18.7 Å². The molecule has 36 heavy (non-hydrogen) atoms. The molecule has 1 atom stereocenters. The van der Waals surface area contributed by atoms with Crippen LogP contribution in [0, 0.1) is 0 Å². The molecule has 1 aliphatic heterocycles. The summed E-state index contributed by atoms with van der Waals surface area (Å²) in [4.78, 5) is 52.0. The Morgan fingerprint density at radius 2 is 1.64 bits per heavy atom. The van der Waals surface area contributed by atoms with Crippen molar-refractivity contribution in [3.8, 4) is 5.75 Å². The molecule has 186 valence electrons. The Morgan fingerprint density at radius 3 is 2.17 bits per heavy atom. The van der Waals surface area contributed by atoms with Gasteiger partial charge in [-0.15, -0.1) is 13.2 Å². The second kappa shape index (κ2) is 10.3. The van der Waals surface area contributed by atoms with Crippen molar-refractivity contribution in [2.24, 2.45) is 5.10 Å². The van der Waals surface area contributed by atoms with Gasteiger partial charge in [0, 0.05) is 6.42 Å². The molecule has 0 N–H and O–H groups in total. The van der Waals surface area contributed by atoms with Gasteiger partial charge in [0.2, 0.25) is 0 Å². The highest BCUT2D eigenvalue weighted by Gasteiger charge is 2.35. The van der Waals surface area contributed by atoms with Crippen molar-refractivity contribution < 1.29 is 13.9 Å². The van der Waals surface area contributed by atoms with Crippen LogP contribution in [-0.2, 0) is 24.4 Å². The van der Waals surface area contributed by atoms with E-state index < -0.39 is 35.6 Å². The fourth-order valence-corrected chi connectivity index (χ4v) is 4.00. The molecule has 2 aromatic heterocycles. The van der Waals surface area contributed by atoms with Crippen molar-refractivity contribution >= 4 is 11.6 Å². The summed E-state index contributed by atoms with van der Waals surface area (Å²) in [6, 6.07) is 10.1. The number of allylic oxidation sites excluding steroid dienone is 2. The van der Waals surface area contributed by atoms with Gasteiger partial charge in [-0.1, -0.05) is 12.2 Å². The topological polar surface area (TPSA) is 121 Å². The molecule has 4 rings (SSSR count). The zero-order valence-electron chi connectivity index (χ0n) is 19.7. The Balaban J connectivity index is 1.74. The summed E-state index contributed by atoms with van der Waals surface area (Å²) in [6.45, 7) is 6.23. The van der Waals surface area contributed by atoms with Gasteiger partial charge in [0.1, 0.15) is 24.1 Å². The molecule has 11 heteroatoms. The molecule has 0 saturated heterocycles. The summed E-state index contributed by atoms with van der Waals surface area (Å²) < 4.78 is 13.1. The van der Waals surface area contributed by atoms with Gasteiger partial charge in [-0.25, -0.2) is 33.1 Å². The lowest BCUT2D eigenvalue weighted by Gasteiger charge is -2.20. The molecule has 3 aromatic rings. The van der Waals surface area contributed by atoms with E-state index in [9.17, 15) is 19.2 Å². The molecule has 0 radical (unpaired) electrons. The van der Waals surface area contributed by atoms with Crippen LogP contribution in [0.5, 0.6) is 5.75 Å². The molecule has 1 unspecified atom stereocenters. The van der Waals surface area contributed by atoms with Crippen LogP contribution >= 0.6 is 0 Å². The SMILES string of the molecule is C=CCn1c(=O)n(CC=C)c(=O)n(CC(=O)N2N=C(c3ccc(OC)cc3)CC2c2ccco2)c1=O. The van der Waals surface area contributed by atoms with E-state index in [1.165, 1.54) is 23.4 Å². The molecule has 0 saturated carbocycles. The molecule has 0 fully saturated rings. The zero-order chi connectivity index (χ0) is 25.8. The molecule has 1 aliphatic rings. The van der Waals surface area contributed by atoms with Gasteiger partial charge in [-0.05, 0) is 42.0 Å². The number of ether oxygens (including phenoxy) is 1. The quantitative estimate of drug-likeness (QED) is 0.419. The van der Waals surface area contributed by atoms with Crippen molar-refractivity contribution in [2.75, 3.05) is 7.11 Å². The number of carbonyl (C=O) groups excluding carboxylic acids is 1. The van der Waals surface area contributed by atoms with Crippen molar-refractivity contribution in [3.63, 3.8) is 0 Å². The van der Waals surface area contributed by atoms with E-state index in [2.05, 4.69) is 18.3 Å². The molecular formula is C25H25N5O6. The predicted octanol–water partition coefficient (Wildman–Crippen LogP) is 1.52. The molecular weight excluding hydrogens is 466 g/mol. The number of amides is 1. The summed E-state index contributed by atoms with van der Waals surface area (Å²) in [6.07, 6.45) is 4.57. The first kappa shape index (κ1) is 24.5. The number of nitrogens with zero attached hydrogens (tertiary/aromatic N) is 5. The lowest BCUT2D eigenvalue weighted by atomic mass is 10.0. The van der Waals surface area contributed by atoms with Gasteiger partial charge in [-0.3, -0.25) is 4.79 Å². The van der Waals surface area contributed by atoms with Crippen LogP contribution in [0.4, 0.5) is 0 Å². The Morgan fingerprint density at radius 1 is 1.03 bits per heavy atom. The Hall–Kier alpha value is -4.67. The Bertz CT molecular complexity index is 1440. The smallest absolute Gasteiger partial charge is 0.337 e. The van der Waals surface area contributed by atoms with Crippen molar-refractivity contribution in [2.45, 2.75) is 32.1 Å². The van der Waals surface area contributed by atoms with Crippen LogP contribution in [0.1, 0.15) is 23.8 Å². The Kier molecular flexibility index (Phi) is 7.00. The highest BCUT2D eigenvalue weighted by atomic mass is 16.5. The third-order valence-electron chi connectivity index (χ3n) is 5.76. The van der Waals surface area contributed by atoms with E-state index in [-0.39, 0.29) is 13.1 Å². The van der Waals surface area contributed by atoms with Gasteiger partial charge in [0.15, 0.2) is 0 Å². The number of hydrogen-bond donors (Lipinski definition) is 0. The first-order valence-corrected chi connectivity index (χ1v) is 11.1. The number of carbonyl (C=O) groups is 1. The van der Waals surface area contributed by atoms with Crippen molar-refractivity contribution in [1.29, 1.82) is 0 Å². The lowest BCUT2D eigenvalue weighted by Crippen LogP contribution is -2.55. The van der Waals surface area contributed by atoms with Crippen molar-refractivity contribution in [3.05, 3.63) is 111 Å². The number of methoxy groups -OCH3 is 1. The third-order valence-corrected chi connectivity index (χ3v) is 5.76. The van der Waals surface area contributed by atoms with Gasteiger partial charge in [0.05, 0.1) is 32.2 Å². The largest absolute Gasteiger partial charge is 0.497 e. The van der Waals surface area contributed by atoms with E-state index in [1.54, 1.807) is 31.4 Å². The number of rotatable bonds is 9. The second-order valence-corrected chi connectivity index (χ2v) is 7.98. The first-order valence-electron chi connectivity index (χ1n) is 11.1. The third kappa shape index (κ3) is 4.50. The molecule has 11 nitrogen and oxygen atoms in total. The van der Waals surface area contributed by atoms with Crippen LogP contribution in [-0.4, -0.2) is 37.4 Å². The predicted molar refractivity (Wildman–Crippen MR) is 132 cm³/mol. The zero-order valence-corrected chi connectivity index (χ0v) is 19.7. The van der Waals surface area contributed by atoms with Crippen LogP contribution in [0.15, 0.2) is 91.9 Å². The average Bonchev–Trinajstić information content (AvgIpc) is 3.57. The molecule has 1 aromatic carbocycles. The van der Waals surface area contributed by atoms with Gasteiger partial charge >= 0.3 is 17.1 Å². The lowest BCUT2D eigenvalue weighted by molar-refractivity contribution is -0.134. The summed E-state index contributed by atoms with van der Waals surface area (Å²) in [5, 5.41) is 5.73. The van der Waals surface area contributed by atoms with E-state index in [0.717, 1.165) is 19.3 Å². The maximum Gasteiger partial charge on any atom is 0.337 e. The highest BCUT2D eigenvalue weighted by molar-refractivity contribution is 6.03. The summed E-state index contributed by atoms with van der Waals surface area (Å²) in [5.41, 5.74) is -1.21. The van der Waals surface area contributed by atoms with Crippen LogP contribution in [0.25, 0.3) is 0 Å². The Labute approximate surface area is 205 Å². The molecule has 0 spiro atoms. The van der Waals surface area contributed by atoms with E-state index >= 15 is 0 Å². The number of aromatic nitrogens is 3. The number of hydrazone groups is 1. The fraction of sp³-hybridized carbons (Fsp3) is 0.240. The van der Waals surface area contributed by atoms with E-state index in [4.69, 9.17) is 9.15 Å². The molecule has 0 bridgehead atoms. The minimum atomic E-state index is -0.910. The highest BCUT2D eigenvalue weighted by Crippen LogP contribution is 2.33. The summed E-state index contributed by atoms with van der Waals surface area (Å²) in [5.74, 6) is 0.564. The van der Waals surface area contributed by atoms with Crippen LogP contribution in [0.2, 0.25) is 0 Å². The molecule has 0 aliphatic carbocycles. The summed E-state index contributed by atoms with van der Waals surface area (Å²) in [7, 11) is 1.57. The molecule has 3 heterocycles. The summed E-state index contributed by atoms with van der Waals surface area (Å²) >= 11 is 0. The van der Waals surface area contributed by atoms with Gasteiger partial charge in [0.25, 0.3) is 5.91 Å². The van der Waals surface area contributed by atoms with Crippen LogP contribution in [0.3, 0.4) is 0 Å². The number of hydrogen-bond acceptors (Lipinski definition) is 7. The number of benzene rings is 1. The normalized spacial score (nSPS) is 15.0. The van der Waals surface area contributed by atoms with E-state index in [0.29, 0.717) is 23.6 Å². The van der Waals surface area contributed by atoms with Crippen LogP contribution < -0.4 is 21.8 Å². The second-order valence-electron chi connectivity index (χ2n) is 7.98.